The minimum Gasteiger partial charge on any atom is -0.324 e. The van der Waals surface area contributed by atoms with E-state index >= 15 is 0 Å². The molecular weight excluding hydrogens is 265 g/mol. The molecule has 0 aliphatic carbocycles. The molecule has 0 saturated heterocycles. The molecule has 0 bridgehead atoms. The van der Waals surface area contributed by atoms with Crippen LogP contribution in [0.15, 0.2) is 48.5 Å². The number of hydrogen-bond acceptors (Lipinski definition) is 1. The molecule has 0 spiro atoms. The molecule has 94 valence electrons. The van der Waals surface area contributed by atoms with Crippen molar-refractivity contribution in [2.45, 2.75) is 18.9 Å². The molecule has 0 aliphatic rings. The second kappa shape index (κ2) is 6.24. The van der Waals surface area contributed by atoms with Gasteiger partial charge in [0.05, 0.1) is 0 Å². The van der Waals surface area contributed by atoms with E-state index in [0.29, 0.717) is 10.0 Å². The molecule has 0 saturated carbocycles. The lowest BCUT2D eigenvalue weighted by Crippen LogP contribution is -2.11. The van der Waals surface area contributed by atoms with Crippen LogP contribution in [0.1, 0.15) is 23.6 Å². The van der Waals surface area contributed by atoms with Crippen LogP contribution >= 0.6 is 23.2 Å². The van der Waals surface area contributed by atoms with Crippen LogP contribution in [0.5, 0.6) is 0 Å². The van der Waals surface area contributed by atoms with Crippen LogP contribution in [-0.2, 0) is 6.42 Å². The van der Waals surface area contributed by atoms with Crippen molar-refractivity contribution in [3.63, 3.8) is 0 Å². The zero-order valence-corrected chi connectivity index (χ0v) is 11.5. The molecule has 1 atom stereocenters. The molecule has 1 nitrogen and oxygen atoms in total. The minimum absolute atomic E-state index is 0.0125. The largest absolute Gasteiger partial charge is 0.324 e. The fourth-order valence-electron chi connectivity index (χ4n) is 1.94. The van der Waals surface area contributed by atoms with E-state index in [2.05, 4.69) is 0 Å². The molecule has 0 heterocycles. The zero-order chi connectivity index (χ0) is 13.0. The fourth-order valence-corrected chi connectivity index (χ4v) is 2.52. The molecule has 2 aromatic carbocycles. The number of benzene rings is 2. The van der Waals surface area contributed by atoms with E-state index in [9.17, 15) is 0 Å². The molecule has 0 aliphatic heterocycles. The van der Waals surface area contributed by atoms with Gasteiger partial charge in [-0.3, -0.25) is 0 Å². The molecule has 0 radical (unpaired) electrons. The zero-order valence-electron chi connectivity index (χ0n) is 9.94. The van der Waals surface area contributed by atoms with Crippen LogP contribution < -0.4 is 5.73 Å². The molecule has 2 rings (SSSR count). The van der Waals surface area contributed by atoms with Gasteiger partial charge in [0, 0.05) is 16.1 Å². The Kier molecular flexibility index (Phi) is 4.65. The average molecular weight is 280 g/mol. The second-order valence-corrected chi connectivity index (χ2v) is 5.07. The second-order valence-electron chi connectivity index (χ2n) is 4.26. The van der Waals surface area contributed by atoms with Gasteiger partial charge in [-0.15, -0.1) is 0 Å². The standard InChI is InChI=1S/C15H15Cl2N/c16-13-7-4-8-14(17)12(13)9-10-15(18)11-5-2-1-3-6-11/h1-8,15H,9-10,18H2. The van der Waals surface area contributed by atoms with E-state index in [1.54, 1.807) is 0 Å². The Labute approximate surface area is 118 Å². The monoisotopic (exact) mass is 279 g/mol. The third-order valence-electron chi connectivity index (χ3n) is 2.99. The number of rotatable bonds is 4. The first kappa shape index (κ1) is 13.4. The fraction of sp³-hybridized carbons (Fsp3) is 0.200. The van der Waals surface area contributed by atoms with Gasteiger partial charge >= 0.3 is 0 Å². The van der Waals surface area contributed by atoms with E-state index in [0.717, 1.165) is 24.0 Å². The first-order valence-electron chi connectivity index (χ1n) is 5.92. The average Bonchev–Trinajstić information content (AvgIpc) is 2.39. The number of nitrogens with two attached hydrogens (primary N) is 1. The van der Waals surface area contributed by atoms with Crippen LogP contribution in [0, 0.1) is 0 Å². The van der Waals surface area contributed by atoms with Crippen molar-refractivity contribution in [3.05, 3.63) is 69.7 Å². The minimum atomic E-state index is 0.0125. The van der Waals surface area contributed by atoms with E-state index in [-0.39, 0.29) is 6.04 Å². The van der Waals surface area contributed by atoms with E-state index in [4.69, 9.17) is 28.9 Å². The molecule has 2 N–H and O–H groups in total. The van der Waals surface area contributed by atoms with Crippen LogP contribution in [0.4, 0.5) is 0 Å². The lowest BCUT2D eigenvalue weighted by Gasteiger charge is -2.13. The first-order valence-corrected chi connectivity index (χ1v) is 6.67. The van der Waals surface area contributed by atoms with Gasteiger partial charge in [-0.2, -0.15) is 0 Å². The molecule has 3 heteroatoms. The maximum Gasteiger partial charge on any atom is 0.0452 e. The van der Waals surface area contributed by atoms with E-state index in [1.807, 2.05) is 48.5 Å². The van der Waals surface area contributed by atoms with Crippen LogP contribution in [0.3, 0.4) is 0 Å². The summed E-state index contributed by atoms with van der Waals surface area (Å²) in [5, 5.41) is 1.42. The van der Waals surface area contributed by atoms with Crippen molar-refractivity contribution >= 4 is 23.2 Å². The quantitative estimate of drug-likeness (QED) is 0.868. The number of hydrogen-bond donors (Lipinski definition) is 1. The summed E-state index contributed by atoms with van der Waals surface area (Å²) in [5.41, 5.74) is 8.28. The maximum atomic E-state index is 6.16. The van der Waals surface area contributed by atoms with E-state index < -0.39 is 0 Å². The summed E-state index contributed by atoms with van der Waals surface area (Å²) in [7, 11) is 0. The smallest absolute Gasteiger partial charge is 0.0452 e. The van der Waals surface area contributed by atoms with Gasteiger partial charge in [0.2, 0.25) is 0 Å². The van der Waals surface area contributed by atoms with Crippen molar-refractivity contribution in [1.29, 1.82) is 0 Å². The highest BCUT2D eigenvalue weighted by Gasteiger charge is 2.09. The van der Waals surface area contributed by atoms with E-state index in [1.165, 1.54) is 0 Å². The summed E-state index contributed by atoms with van der Waals surface area (Å²) in [6.45, 7) is 0. The molecule has 0 amide bonds. The Morgan fingerprint density at radius 1 is 0.889 bits per heavy atom. The highest BCUT2D eigenvalue weighted by Crippen LogP contribution is 2.27. The summed E-state index contributed by atoms with van der Waals surface area (Å²) < 4.78 is 0. The molecule has 2 aromatic rings. The van der Waals surface area contributed by atoms with Crippen molar-refractivity contribution in [2.24, 2.45) is 5.73 Å². The van der Waals surface area contributed by atoms with Crippen molar-refractivity contribution in [2.75, 3.05) is 0 Å². The Bertz CT molecular complexity index is 491. The number of halogens is 2. The Morgan fingerprint density at radius 2 is 1.50 bits per heavy atom. The summed E-state index contributed by atoms with van der Waals surface area (Å²) in [6.07, 6.45) is 1.61. The molecule has 0 fully saturated rings. The summed E-state index contributed by atoms with van der Waals surface area (Å²) in [5.74, 6) is 0. The summed E-state index contributed by atoms with van der Waals surface area (Å²) in [6, 6.07) is 15.6. The van der Waals surface area contributed by atoms with Crippen molar-refractivity contribution in [1.82, 2.24) is 0 Å². The predicted molar refractivity (Wildman–Crippen MR) is 78.2 cm³/mol. The SMILES string of the molecule is NC(CCc1c(Cl)cccc1Cl)c1ccccc1. The summed E-state index contributed by atoms with van der Waals surface area (Å²) in [4.78, 5) is 0. The van der Waals surface area contributed by atoms with Gasteiger partial charge in [-0.25, -0.2) is 0 Å². The van der Waals surface area contributed by atoms with Crippen LogP contribution in [0.25, 0.3) is 0 Å². The summed E-state index contributed by atoms with van der Waals surface area (Å²) >= 11 is 12.3. The first-order chi connectivity index (χ1) is 8.68. The lowest BCUT2D eigenvalue weighted by atomic mass is 10.00. The highest BCUT2D eigenvalue weighted by atomic mass is 35.5. The van der Waals surface area contributed by atoms with Gasteiger partial charge in [-0.1, -0.05) is 59.6 Å². The normalized spacial score (nSPS) is 12.4. The van der Waals surface area contributed by atoms with Crippen molar-refractivity contribution in [3.8, 4) is 0 Å². The third kappa shape index (κ3) is 3.26. The molecule has 0 aromatic heterocycles. The third-order valence-corrected chi connectivity index (χ3v) is 3.70. The van der Waals surface area contributed by atoms with Crippen LogP contribution in [-0.4, -0.2) is 0 Å². The van der Waals surface area contributed by atoms with Gasteiger partial charge in [0.25, 0.3) is 0 Å². The molecule has 1 unspecified atom stereocenters. The topological polar surface area (TPSA) is 26.0 Å². The van der Waals surface area contributed by atoms with Gasteiger partial charge in [-0.05, 0) is 36.1 Å². The highest BCUT2D eigenvalue weighted by molar-refractivity contribution is 6.35. The Morgan fingerprint density at radius 3 is 2.11 bits per heavy atom. The van der Waals surface area contributed by atoms with Gasteiger partial charge in [0.15, 0.2) is 0 Å². The van der Waals surface area contributed by atoms with Crippen LogP contribution in [0.2, 0.25) is 10.0 Å². The van der Waals surface area contributed by atoms with Crippen molar-refractivity contribution < 1.29 is 0 Å². The molecule has 18 heavy (non-hydrogen) atoms. The predicted octanol–water partition coefficient (Wildman–Crippen LogP) is 4.63. The molecular formula is C15H15Cl2N. The Hall–Kier alpha value is -1.02. The maximum absolute atomic E-state index is 6.16. The lowest BCUT2D eigenvalue weighted by molar-refractivity contribution is 0.651. The van der Waals surface area contributed by atoms with Gasteiger partial charge < -0.3 is 5.73 Å². The Balaban J connectivity index is 2.04. The van der Waals surface area contributed by atoms with Gasteiger partial charge in [0.1, 0.15) is 0 Å².